The van der Waals surface area contributed by atoms with E-state index in [4.69, 9.17) is 4.74 Å². The van der Waals surface area contributed by atoms with Gasteiger partial charge in [-0.25, -0.2) is 4.79 Å². The number of amides is 3. The quantitative estimate of drug-likeness (QED) is 0.461. The van der Waals surface area contributed by atoms with E-state index in [1.807, 2.05) is 31.2 Å². The first-order valence-electron chi connectivity index (χ1n) is 13.3. The van der Waals surface area contributed by atoms with Gasteiger partial charge >= 0.3 is 6.09 Å². The number of aryl methyl sites for hydroxylation is 1. The minimum absolute atomic E-state index is 0.0824. The van der Waals surface area contributed by atoms with Crippen LogP contribution in [0.2, 0.25) is 0 Å². The summed E-state index contributed by atoms with van der Waals surface area (Å²) < 4.78 is 5.43. The lowest BCUT2D eigenvalue weighted by Gasteiger charge is -2.34. The highest BCUT2D eigenvalue weighted by atomic mass is 16.6. The molecule has 2 aromatic carbocycles. The maximum absolute atomic E-state index is 14.0. The Hall–Kier alpha value is -3.55. The third-order valence-corrected chi connectivity index (χ3v) is 6.78. The molecule has 2 unspecified atom stereocenters. The molecule has 0 heterocycles. The Morgan fingerprint density at radius 3 is 2.26 bits per heavy atom. The minimum atomic E-state index is -0.992. The van der Waals surface area contributed by atoms with Gasteiger partial charge in [-0.3, -0.25) is 9.59 Å². The fourth-order valence-corrected chi connectivity index (χ4v) is 4.84. The molecule has 3 rings (SSSR count). The van der Waals surface area contributed by atoms with E-state index in [9.17, 15) is 19.5 Å². The summed E-state index contributed by atoms with van der Waals surface area (Å²) in [5.74, 6) is -0.550. The smallest absolute Gasteiger partial charge is 0.408 e. The van der Waals surface area contributed by atoms with Crippen molar-refractivity contribution in [2.45, 2.75) is 89.9 Å². The number of aromatic hydroxyl groups is 1. The molecule has 0 aliphatic heterocycles. The summed E-state index contributed by atoms with van der Waals surface area (Å²) in [4.78, 5) is 41.8. The van der Waals surface area contributed by atoms with E-state index < -0.39 is 29.7 Å². The van der Waals surface area contributed by atoms with Crippen LogP contribution in [0.3, 0.4) is 0 Å². The van der Waals surface area contributed by atoms with Crippen LogP contribution >= 0.6 is 0 Å². The molecular formula is C30H41N3O5. The van der Waals surface area contributed by atoms with E-state index in [1.54, 1.807) is 40.0 Å². The predicted octanol–water partition coefficient (Wildman–Crippen LogP) is 4.79. The number of hydrogen-bond donors (Lipinski definition) is 3. The zero-order valence-corrected chi connectivity index (χ0v) is 23.1. The molecule has 2 aromatic rings. The standard InChI is InChI=1S/C30H41N3O5/c1-20-11-9-10-14-24(20)26(27(35)31-22-12-7-6-8-13-22)33(5)28(36)25(32-29(37)38-30(2,3)4)19-21-15-17-23(34)18-16-21/h9-11,14-18,22,25-26,34H,6-8,12-13,19H2,1-5H3,(H,31,35)(H,32,37). The van der Waals surface area contributed by atoms with E-state index in [1.165, 1.54) is 23.5 Å². The van der Waals surface area contributed by atoms with Gasteiger partial charge in [0, 0.05) is 19.5 Å². The lowest BCUT2D eigenvalue weighted by Crippen LogP contribution is -2.53. The third kappa shape index (κ3) is 8.23. The summed E-state index contributed by atoms with van der Waals surface area (Å²) in [5, 5.41) is 15.6. The van der Waals surface area contributed by atoms with Crippen molar-refractivity contribution in [1.82, 2.24) is 15.5 Å². The Morgan fingerprint density at radius 1 is 1.03 bits per heavy atom. The molecule has 8 heteroatoms. The van der Waals surface area contributed by atoms with Crippen LogP contribution in [-0.2, 0) is 20.7 Å². The van der Waals surface area contributed by atoms with Crippen LogP contribution in [0.1, 0.15) is 75.6 Å². The number of phenols is 1. The molecule has 0 saturated heterocycles. The molecule has 1 fully saturated rings. The van der Waals surface area contributed by atoms with E-state index in [-0.39, 0.29) is 24.1 Å². The molecular weight excluding hydrogens is 482 g/mol. The SMILES string of the molecule is Cc1ccccc1C(C(=O)NC1CCCCC1)N(C)C(=O)C(Cc1ccc(O)cc1)NC(=O)OC(C)(C)C. The van der Waals surface area contributed by atoms with Gasteiger partial charge in [-0.2, -0.15) is 0 Å². The summed E-state index contributed by atoms with van der Waals surface area (Å²) in [6.07, 6.45) is 4.60. The lowest BCUT2D eigenvalue weighted by atomic mass is 9.93. The van der Waals surface area contributed by atoms with Crippen molar-refractivity contribution in [3.8, 4) is 5.75 Å². The van der Waals surface area contributed by atoms with Gasteiger partial charge in [0.25, 0.3) is 0 Å². The Labute approximate surface area is 225 Å². The first-order valence-corrected chi connectivity index (χ1v) is 13.3. The number of rotatable bonds is 8. The minimum Gasteiger partial charge on any atom is -0.508 e. The summed E-state index contributed by atoms with van der Waals surface area (Å²) in [5.41, 5.74) is 1.62. The normalized spacial score (nSPS) is 15.7. The van der Waals surface area contributed by atoms with Gasteiger partial charge in [-0.05, 0) is 69.4 Å². The van der Waals surface area contributed by atoms with Crippen LogP contribution in [0.5, 0.6) is 5.75 Å². The first-order chi connectivity index (χ1) is 17.9. The van der Waals surface area contributed by atoms with Gasteiger partial charge in [-0.15, -0.1) is 0 Å². The van der Waals surface area contributed by atoms with Crippen molar-refractivity contribution in [1.29, 1.82) is 0 Å². The van der Waals surface area contributed by atoms with Crippen molar-refractivity contribution in [3.05, 3.63) is 65.2 Å². The van der Waals surface area contributed by atoms with Crippen molar-refractivity contribution < 1.29 is 24.2 Å². The number of phenolic OH excluding ortho intramolecular Hbond substituents is 1. The maximum atomic E-state index is 14.0. The summed E-state index contributed by atoms with van der Waals surface area (Å²) in [6, 6.07) is 12.2. The Kier molecular flexibility index (Phi) is 9.78. The molecule has 3 N–H and O–H groups in total. The van der Waals surface area contributed by atoms with E-state index in [2.05, 4.69) is 10.6 Å². The second-order valence-corrected chi connectivity index (χ2v) is 11.1. The molecule has 3 amide bonds. The molecule has 0 bridgehead atoms. The summed E-state index contributed by atoms with van der Waals surface area (Å²) in [6.45, 7) is 7.17. The predicted molar refractivity (Wildman–Crippen MR) is 147 cm³/mol. The number of nitrogens with one attached hydrogen (secondary N) is 2. The summed E-state index contributed by atoms with van der Waals surface area (Å²) in [7, 11) is 1.60. The lowest BCUT2D eigenvalue weighted by molar-refractivity contribution is -0.141. The highest BCUT2D eigenvalue weighted by molar-refractivity contribution is 5.92. The summed E-state index contributed by atoms with van der Waals surface area (Å²) >= 11 is 0. The molecule has 0 radical (unpaired) electrons. The van der Waals surface area contributed by atoms with E-state index >= 15 is 0 Å². The van der Waals surface area contributed by atoms with Crippen LogP contribution < -0.4 is 10.6 Å². The molecule has 1 aliphatic carbocycles. The van der Waals surface area contributed by atoms with Gasteiger partial charge in [-0.1, -0.05) is 55.7 Å². The second-order valence-electron chi connectivity index (χ2n) is 11.1. The van der Waals surface area contributed by atoms with Gasteiger partial charge < -0.3 is 25.4 Å². The molecule has 1 aliphatic rings. The number of carbonyl (C=O) groups is 3. The van der Waals surface area contributed by atoms with E-state index in [0.29, 0.717) is 0 Å². The first kappa shape index (κ1) is 29.0. The number of benzene rings is 2. The molecule has 0 spiro atoms. The van der Waals surface area contributed by atoms with Crippen LogP contribution in [0.15, 0.2) is 48.5 Å². The van der Waals surface area contributed by atoms with Gasteiger partial charge in [0.2, 0.25) is 11.8 Å². The molecule has 8 nitrogen and oxygen atoms in total. The number of carbonyl (C=O) groups excluding carboxylic acids is 3. The van der Waals surface area contributed by atoms with Crippen molar-refractivity contribution >= 4 is 17.9 Å². The second kappa shape index (κ2) is 12.8. The average Bonchev–Trinajstić information content (AvgIpc) is 2.85. The largest absolute Gasteiger partial charge is 0.508 e. The highest BCUT2D eigenvalue weighted by Crippen LogP contribution is 2.26. The monoisotopic (exact) mass is 523 g/mol. The zero-order chi connectivity index (χ0) is 27.9. The van der Waals surface area contributed by atoms with Gasteiger partial charge in [0.1, 0.15) is 23.4 Å². The van der Waals surface area contributed by atoms with Crippen LogP contribution in [0.25, 0.3) is 0 Å². The number of likely N-dealkylation sites (N-methyl/N-ethyl adjacent to an activating group) is 1. The van der Waals surface area contributed by atoms with E-state index in [0.717, 1.165) is 42.4 Å². The van der Waals surface area contributed by atoms with Crippen molar-refractivity contribution in [2.75, 3.05) is 7.05 Å². The number of ether oxygens (including phenoxy) is 1. The fraction of sp³-hybridized carbons (Fsp3) is 0.500. The van der Waals surface area contributed by atoms with Crippen LogP contribution in [0, 0.1) is 6.92 Å². The molecule has 2 atom stereocenters. The third-order valence-electron chi connectivity index (χ3n) is 6.78. The fourth-order valence-electron chi connectivity index (χ4n) is 4.84. The number of nitrogens with zero attached hydrogens (tertiary/aromatic N) is 1. The average molecular weight is 524 g/mol. The van der Waals surface area contributed by atoms with Gasteiger partial charge in [0.05, 0.1) is 0 Å². The number of hydrogen-bond acceptors (Lipinski definition) is 5. The Morgan fingerprint density at radius 2 is 1.66 bits per heavy atom. The van der Waals surface area contributed by atoms with Gasteiger partial charge in [0.15, 0.2) is 0 Å². The van der Waals surface area contributed by atoms with Crippen LogP contribution in [-0.4, -0.2) is 52.6 Å². The Balaban J connectivity index is 1.91. The molecule has 1 saturated carbocycles. The highest BCUT2D eigenvalue weighted by Gasteiger charge is 2.35. The zero-order valence-electron chi connectivity index (χ0n) is 23.1. The molecule has 38 heavy (non-hydrogen) atoms. The molecule has 206 valence electrons. The Bertz CT molecular complexity index is 1100. The van der Waals surface area contributed by atoms with Crippen molar-refractivity contribution in [2.24, 2.45) is 0 Å². The van der Waals surface area contributed by atoms with Crippen molar-refractivity contribution in [3.63, 3.8) is 0 Å². The maximum Gasteiger partial charge on any atom is 0.408 e. The number of alkyl carbamates (subject to hydrolysis) is 1. The molecule has 0 aromatic heterocycles. The topological polar surface area (TPSA) is 108 Å². The van der Waals surface area contributed by atoms with Crippen LogP contribution in [0.4, 0.5) is 4.79 Å².